The normalized spacial score (nSPS) is 10.1. The summed E-state index contributed by atoms with van der Waals surface area (Å²) in [5, 5.41) is 0. The molecule has 0 heterocycles. The van der Waals surface area contributed by atoms with E-state index in [-0.39, 0.29) is 5.78 Å². The number of hydrogen-bond acceptors (Lipinski definition) is 3. The summed E-state index contributed by atoms with van der Waals surface area (Å²) in [7, 11) is 0. The number of carbonyl (C=O) groups excluding carboxylic acids is 1. The van der Waals surface area contributed by atoms with E-state index in [1.54, 1.807) is 12.1 Å². The first kappa shape index (κ1) is 14.1. The summed E-state index contributed by atoms with van der Waals surface area (Å²) in [5.41, 5.74) is 0.660. The Hall–Kier alpha value is -2.29. The average molecular weight is 270 g/mol. The maximum absolute atomic E-state index is 12.1. The van der Waals surface area contributed by atoms with Crippen LogP contribution >= 0.6 is 0 Å². The molecule has 2 aromatic carbocycles. The van der Waals surface area contributed by atoms with Crippen LogP contribution in [0.15, 0.2) is 54.6 Å². The largest absolute Gasteiger partial charge is 0.494 e. The fourth-order valence-corrected chi connectivity index (χ4v) is 1.85. The third-order valence-electron chi connectivity index (χ3n) is 2.81. The molecule has 0 aromatic heterocycles. The number of rotatable bonds is 7. The van der Waals surface area contributed by atoms with Crippen molar-refractivity contribution in [2.24, 2.45) is 0 Å². The van der Waals surface area contributed by atoms with Crippen LogP contribution in [-0.2, 0) is 0 Å². The molecule has 0 unspecified atom stereocenters. The van der Waals surface area contributed by atoms with Gasteiger partial charge in [-0.15, -0.1) is 0 Å². The van der Waals surface area contributed by atoms with Crippen molar-refractivity contribution in [3.63, 3.8) is 0 Å². The van der Waals surface area contributed by atoms with Crippen LogP contribution in [-0.4, -0.2) is 19.0 Å². The Labute approximate surface area is 119 Å². The number of ketones is 1. The number of para-hydroxylation sites is 1. The maximum atomic E-state index is 12.1. The van der Waals surface area contributed by atoms with Crippen molar-refractivity contribution >= 4 is 5.78 Å². The monoisotopic (exact) mass is 270 g/mol. The summed E-state index contributed by atoms with van der Waals surface area (Å²) in [5.74, 6) is 1.56. The van der Waals surface area contributed by atoms with E-state index >= 15 is 0 Å². The van der Waals surface area contributed by atoms with E-state index in [2.05, 4.69) is 0 Å². The number of ether oxygens (including phenoxy) is 2. The van der Waals surface area contributed by atoms with Crippen LogP contribution in [0.4, 0.5) is 0 Å². The number of hydrogen-bond donors (Lipinski definition) is 0. The lowest BCUT2D eigenvalue weighted by atomic mass is 10.1. The van der Waals surface area contributed by atoms with Gasteiger partial charge in [0.15, 0.2) is 5.78 Å². The maximum Gasteiger partial charge on any atom is 0.166 e. The van der Waals surface area contributed by atoms with Crippen LogP contribution in [0, 0.1) is 0 Å². The minimum Gasteiger partial charge on any atom is -0.494 e. The van der Waals surface area contributed by atoms with Crippen molar-refractivity contribution in [1.82, 2.24) is 0 Å². The van der Waals surface area contributed by atoms with Gasteiger partial charge in [0.25, 0.3) is 0 Å². The third kappa shape index (κ3) is 4.12. The van der Waals surface area contributed by atoms with Gasteiger partial charge in [-0.3, -0.25) is 4.79 Å². The van der Waals surface area contributed by atoms with Crippen molar-refractivity contribution in [2.45, 2.75) is 13.3 Å². The second-order valence-corrected chi connectivity index (χ2v) is 4.30. The third-order valence-corrected chi connectivity index (χ3v) is 2.81. The van der Waals surface area contributed by atoms with Crippen molar-refractivity contribution in [2.75, 3.05) is 13.2 Å². The van der Waals surface area contributed by atoms with Crippen LogP contribution in [0.3, 0.4) is 0 Å². The molecule has 0 bridgehead atoms. The van der Waals surface area contributed by atoms with Gasteiger partial charge in [-0.05, 0) is 31.2 Å². The first-order chi connectivity index (χ1) is 9.79. The van der Waals surface area contributed by atoms with Gasteiger partial charge in [0.2, 0.25) is 0 Å². The fraction of sp³-hybridized carbons (Fsp3) is 0.235. The van der Waals surface area contributed by atoms with E-state index in [0.29, 0.717) is 25.2 Å². The van der Waals surface area contributed by atoms with E-state index in [0.717, 1.165) is 11.5 Å². The summed E-state index contributed by atoms with van der Waals surface area (Å²) < 4.78 is 10.9. The summed E-state index contributed by atoms with van der Waals surface area (Å²) in [6, 6.07) is 16.7. The molecule has 0 radical (unpaired) electrons. The van der Waals surface area contributed by atoms with Gasteiger partial charge in [0.1, 0.15) is 11.5 Å². The van der Waals surface area contributed by atoms with Crippen LogP contribution in [0.1, 0.15) is 23.7 Å². The molecule has 0 fully saturated rings. The van der Waals surface area contributed by atoms with Crippen molar-refractivity contribution < 1.29 is 14.3 Å². The van der Waals surface area contributed by atoms with Crippen LogP contribution in [0.5, 0.6) is 11.5 Å². The molecule has 0 amide bonds. The highest BCUT2D eigenvalue weighted by molar-refractivity contribution is 5.96. The van der Waals surface area contributed by atoms with Crippen LogP contribution in [0.2, 0.25) is 0 Å². The standard InChI is InChI=1S/C17H18O3/c1-2-19-16-10-6-7-14(13-16)17(18)11-12-20-15-8-4-3-5-9-15/h3-10,13H,2,11-12H2,1H3. The molecule has 0 saturated heterocycles. The smallest absolute Gasteiger partial charge is 0.166 e. The van der Waals surface area contributed by atoms with Gasteiger partial charge in [0, 0.05) is 12.0 Å². The van der Waals surface area contributed by atoms with Gasteiger partial charge >= 0.3 is 0 Å². The Kier molecular flexibility index (Phi) is 5.18. The first-order valence-electron chi connectivity index (χ1n) is 6.73. The number of carbonyl (C=O) groups is 1. The van der Waals surface area contributed by atoms with Crippen LogP contribution in [0.25, 0.3) is 0 Å². The van der Waals surface area contributed by atoms with Gasteiger partial charge in [0.05, 0.1) is 13.2 Å². The summed E-state index contributed by atoms with van der Waals surface area (Å²) in [6.07, 6.45) is 0.352. The van der Waals surface area contributed by atoms with Crippen molar-refractivity contribution in [1.29, 1.82) is 0 Å². The Morgan fingerprint density at radius 3 is 2.45 bits per heavy atom. The van der Waals surface area contributed by atoms with Gasteiger partial charge in [-0.25, -0.2) is 0 Å². The minimum atomic E-state index is 0.0579. The highest BCUT2D eigenvalue weighted by Gasteiger charge is 2.07. The van der Waals surface area contributed by atoms with Gasteiger partial charge in [-0.1, -0.05) is 30.3 Å². The topological polar surface area (TPSA) is 35.5 Å². The lowest BCUT2D eigenvalue weighted by Gasteiger charge is -2.07. The highest BCUT2D eigenvalue weighted by atomic mass is 16.5. The molecule has 20 heavy (non-hydrogen) atoms. The zero-order valence-corrected chi connectivity index (χ0v) is 11.5. The van der Waals surface area contributed by atoms with Crippen LogP contribution < -0.4 is 9.47 Å². The molecule has 104 valence electrons. The van der Waals surface area contributed by atoms with E-state index in [1.165, 1.54) is 0 Å². The molecule has 0 aliphatic rings. The molecule has 2 aromatic rings. The molecular weight excluding hydrogens is 252 g/mol. The summed E-state index contributed by atoms with van der Waals surface area (Å²) in [6.45, 7) is 2.89. The summed E-state index contributed by atoms with van der Waals surface area (Å²) >= 11 is 0. The highest BCUT2D eigenvalue weighted by Crippen LogP contribution is 2.15. The van der Waals surface area contributed by atoms with E-state index in [1.807, 2.05) is 49.4 Å². The molecule has 0 N–H and O–H groups in total. The molecule has 0 aliphatic carbocycles. The first-order valence-corrected chi connectivity index (χ1v) is 6.73. The Bertz CT molecular complexity index is 549. The SMILES string of the molecule is CCOc1cccc(C(=O)CCOc2ccccc2)c1. The Balaban J connectivity index is 1.87. The second kappa shape index (κ2) is 7.34. The van der Waals surface area contributed by atoms with E-state index < -0.39 is 0 Å². The molecule has 0 spiro atoms. The molecular formula is C17H18O3. The minimum absolute atomic E-state index is 0.0579. The second-order valence-electron chi connectivity index (χ2n) is 4.30. The lowest BCUT2D eigenvalue weighted by molar-refractivity contribution is 0.0961. The van der Waals surface area contributed by atoms with Gasteiger partial charge < -0.3 is 9.47 Å². The molecule has 3 heteroatoms. The van der Waals surface area contributed by atoms with E-state index in [4.69, 9.17) is 9.47 Å². The number of Topliss-reactive ketones (excluding diaryl/α,β-unsaturated/α-hetero) is 1. The van der Waals surface area contributed by atoms with Gasteiger partial charge in [-0.2, -0.15) is 0 Å². The molecule has 2 rings (SSSR count). The Morgan fingerprint density at radius 1 is 0.950 bits per heavy atom. The molecule has 0 atom stereocenters. The average Bonchev–Trinajstić information content (AvgIpc) is 2.49. The fourth-order valence-electron chi connectivity index (χ4n) is 1.85. The molecule has 0 saturated carbocycles. The molecule has 3 nitrogen and oxygen atoms in total. The quantitative estimate of drug-likeness (QED) is 0.719. The van der Waals surface area contributed by atoms with Crippen molar-refractivity contribution in [3.8, 4) is 11.5 Å². The lowest BCUT2D eigenvalue weighted by Crippen LogP contribution is -2.07. The Morgan fingerprint density at radius 2 is 1.70 bits per heavy atom. The van der Waals surface area contributed by atoms with Crippen molar-refractivity contribution in [3.05, 3.63) is 60.2 Å². The zero-order valence-electron chi connectivity index (χ0n) is 11.5. The zero-order chi connectivity index (χ0) is 14.2. The predicted molar refractivity (Wildman–Crippen MR) is 78.5 cm³/mol. The number of benzene rings is 2. The summed E-state index contributed by atoms with van der Waals surface area (Å²) in [4.78, 5) is 12.1. The predicted octanol–water partition coefficient (Wildman–Crippen LogP) is 3.74. The van der Waals surface area contributed by atoms with E-state index in [9.17, 15) is 4.79 Å². The molecule has 0 aliphatic heterocycles.